The molecule has 3 rings (SSSR count). The Bertz CT molecular complexity index is 479. The van der Waals surface area contributed by atoms with Crippen LogP contribution in [0.4, 0.5) is 0 Å². The molecular formula is C15H18O4. The number of rotatable bonds is 3. The molecule has 0 bridgehead atoms. The number of hydrogen-bond donors (Lipinski definition) is 1. The minimum atomic E-state index is -0.799. The average Bonchev–Trinajstić information content (AvgIpc) is 2.91. The molecule has 102 valence electrons. The Balaban J connectivity index is 1.84. The third kappa shape index (κ3) is 2.32. The van der Waals surface area contributed by atoms with Crippen molar-refractivity contribution < 1.29 is 19.4 Å². The van der Waals surface area contributed by atoms with Crippen LogP contribution in [0.15, 0.2) is 24.3 Å². The zero-order valence-electron chi connectivity index (χ0n) is 10.8. The average molecular weight is 262 g/mol. The van der Waals surface area contributed by atoms with Gasteiger partial charge in [-0.15, -0.1) is 0 Å². The number of carboxylic acid groups (broad SMARTS) is 1. The maximum Gasteiger partial charge on any atom is 0.313 e. The van der Waals surface area contributed by atoms with Gasteiger partial charge in [0.1, 0.15) is 17.8 Å². The highest BCUT2D eigenvalue weighted by molar-refractivity contribution is 5.76. The van der Waals surface area contributed by atoms with Crippen LogP contribution in [-0.4, -0.2) is 30.9 Å². The summed E-state index contributed by atoms with van der Waals surface area (Å²) in [4.78, 5) is 11.8. The van der Waals surface area contributed by atoms with Crippen molar-refractivity contribution in [1.82, 2.24) is 0 Å². The summed E-state index contributed by atoms with van der Waals surface area (Å²) in [5.41, 5.74) is 0.197. The predicted octanol–water partition coefficient (Wildman–Crippen LogP) is 2.12. The summed E-state index contributed by atoms with van der Waals surface area (Å²) in [6, 6.07) is 7.70. The Labute approximate surface area is 112 Å². The van der Waals surface area contributed by atoms with Crippen molar-refractivity contribution in [2.24, 2.45) is 11.3 Å². The number of benzene rings is 1. The SMILES string of the molecule is O=C(O)C1(CC2CCOC2)COc2ccccc2C1. The fraction of sp³-hybridized carbons (Fsp3) is 0.533. The molecule has 2 atom stereocenters. The Morgan fingerprint density at radius 3 is 3.00 bits per heavy atom. The largest absolute Gasteiger partial charge is 0.492 e. The Kier molecular flexibility index (Phi) is 3.19. The zero-order valence-corrected chi connectivity index (χ0v) is 10.8. The maximum absolute atomic E-state index is 11.8. The van der Waals surface area contributed by atoms with E-state index in [9.17, 15) is 9.90 Å². The second kappa shape index (κ2) is 4.85. The summed E-state index contributed by atoms with van der Waals surface area (Å²) in [5.74, 6) is 0.404. The summed E-state index contributed by atoms with van der Waals surface area (Å²) in [6.07, 6.45) is 2.14. The van der Waals surface area contributed by atoms with Crippen molar-refractivity contribution in [3.8, 4) is 5.75 Å². The van der Waals surface area contributed by atoms with E-state index in [0.29, 0.717) is 25.4 Å². The van der Waals surface area contributed by atoms with Crippen LogP contribution >= 0.6 is 0 Å². The first kappa shape index (κ1) is 12.5. The molecule has 4 nitrogen and oxygen atoms in total. The van der Waals surface area contributed by atoms with Crippen LogP contribution in [0.25, 0.3) is 0 Å². The summed E-state index contributed by atoms with van der Waals surface area (Å²) in [7, 11) is 0. The van der Waals surface area contributed by atoms with Crippen LogP contribution in [0.2, 0.25) is 0 Å². The molecule has 4 heteroatoms. The van der Waals surface area contributed by atoms with Crippen molar-refractivity contribution in [3.05, 3.63) is 29.8 Å². The molecule has 1 aromatic rings. The monoisotopic (exact) mass is 262 g/mol. The molecule has 0 aliphatic carbocycles. The van der Waals surface area contributed by atoms with Gasteiger partial charge in [0.15, 0.2) is 0 Å². The standard InChI is InChI=1S/C15H18O4/c16-14(17)15(7-11-5-6-18-9-11)8-12-3-1-2-4-13(12)19-10-15/h1-4,11H,5-10H2,(H,16,17). The van der Waals surface area contributed by atoms with Crippen LogP contribution < -0.4 is 4.74 Å². The maximum atomic E-state index is 11.8. The lowest BCUT2D eigenvalue weighted by Crippen LogP contribution is -2.43. The fourth-order valence-electron chi connectivity index (χ4n) is 3.07. The number of ether oxygens (including phenoxy) is 2. The van der Waals surface area contributed by atoms with E-state index in [1.807, 2.05) is 24.3 Å². The van der Waals surface area contributed by atoms with E-state index >= 15 is 0 Å². The molecule has 2 aliphatic heterocycles. The van der Waals surface area contributed by atoms with Crippen molar-refractivity contribution in [2.75, 3.05) is 19.8 Å². The van der Waals surface area contributed by atoms with Crippen molar-refractivity contribution in [2.45, 2.75) is 19.3 Å². The molecule has 1 aromatic carbocycles. The topological polar surface area (TPSA) is 55.8 Å². The van der Waals surface area contributed by atoms with E-state index in [4.69, 9.17) is 9.47 Å². The number of aliphatic carboxylic acids is 1. The highest BCUT2D eigenvalue weighted by Gasteiger charge is 2.45. The van der Waals surface area contributed by atoms with Crippen molar-refractivity contribution in [3.63, 3.8) is 0 Å². The second-order valence-electron chi connectivity index (χ2n) is 5.59. The molecular weight excluding hydrogens is 244 g/mol. The fourth-order valence-corrected chi connectivity index (χ4v) is 3.07. The molecule has 0 spiro atoms. The van der Waals surface area contributed by atoms with Crippen LogP contribution in [0.5, 0.6) is 5.75 Å². The molecule has 1 fully saturated rings. The molecule has 0 radical (unpaired) electrons. The van der Waals surface area contributed by atoms with Gasteiger partial charge in [0.05, 0.1) is 0 Å². The van der Waals surface area contributed by atoms with E-state index < -0.39 is 11.4 Å². The molecule has 2 heterocycles. The lowest BCUT2D eigenvalue weighted by Gasteiger charge is -2.35. The normalized spacial score (nSPS) is 29.6. The first-order valence-corrected chi connectivity index (χ1v) is 6.71. The lowest BCUT2D eigenvalue weighted by atomic mass is 9.74. The highest BCUT2D eigenvalue weighted by atomic mass is 16.5. The molecule has 0 aromatic heterocycles. The number of hydrogen-bond acceptors (Lipinski definition) is 3. The van der Waals surface area contributed by atoms with Crippen LogP contribution in [0.3, 0.4) is 0 Å². The minimum Gasteiger partial charge on any atom is -0.492 e. The van der Waals surface area contributed by atoms with Gasteiger partial charge in [-0.05, 0) is 36.8 Å². The summed E-state index contributed by atoms with van der Waals surface area (Å²) in [6.45, 7) is 1.68. The van der Waals surface area contributed by atoms with Gasteiger partial charge in [-0.2, -0.15) is 0 Å². The van der Waals surface area contributed by atoms with Gasteiger partial charge in [0.2, 0.25) is 0 Å². The quantitative estimate of drug-likeness (QED) is 0.906. The van der Waals surface area contributed by atoms with Crippen LogP contribution in [0.1, 0.15) is 18.4 Å². The number of fused-ring (bicyclic) bond motifs is 1. The Morgan fingerprint density at radius 1 is 1.42 bits per heavy atom. The Morgan fingerprint density at radius 2 is 2.26 bits per heavy atom. The summed E-state index contributed by atoms with van der Waals surface area (Å²) >= 11 is 0. The summed E-state index contributed by atoms with van der Waals surface area (Å²) in [5, 5.41) is 9.65. The van der Waals surface area contributed by atoms with E-state index in [1.165, 1.54) is 0 Å². The first-order valence-electron chi connectivity index (χ1n) is 6.71. The van der Waals surface area contributed by atoms with Gasteiger partial charge in [0.25, 0.3) is 0 Å². The molecule has 1 N–H and O–H groups in total. The molecule has 2 unspecified atom stereocenters. The third-order valence-electron chi connectivity index (χ3n) is 4.16. The van der Waals surface area contributed by atoms with E-state index in [1.54, 1.807) is 0 Å². The first-order chi connectivity index (χ1) is 9.20. The lowest BCUT2D eigenvalue weighted by molar-refractivity contribution is -0.153. The number of para-hydroxylation sites is 1. The zero-order chi connectivity index (χ0) is 13.3. The van der Waals surface area contributed by atoms with Gasteiger partial charge in [-0.3, -0.25) is 4.79 Å². The number of carbonyl (C=O) groups is 1. The molecule has 19 heavy (non-hydrogen) atoms. The molecule has 0 saturated carbocycles. The van der Waals surface area contributed by atoms with Crippen molar-refractivity contribution >= 4 is 5.97 Å². The summed E-state index contributed by atoms with van der Waals surface area (Å²) < 4.78 is 11.0. The number of carboxylic acids is 1. The smallest absolute Gasteiger partial charge is 0.313 e. The van der Waals surface area contributed by atoms with Gasteiger partial charge in [0, 0.05) is 13.2 Å². The van der Waals surface area contributed by atoms with Crippen LogP contribution in [0, 0.1) is 11.3 Å². The van der Waals surface area contributed by atoms with Crippen molar-refractivity contribution in [1.29, 1.82) is 0 Å². The predicted molar refractivity (Wildman–Crippen MR) is 69.3 cm³/mol. The van der Waals surface area contributed by atoms with Crippen LogP contribution in [-0.2, 0) is 16.0 Å². The van der Waals surface area contributed by atoms with Gasteiger partial charge in [-0.25, -0.2) is 0 Å². The highest BCUT2D eigenvalue weighted by Crippen LogP contribution is 2.40. The van der Waals surface area contributed by atoms with E-state index in [0.717, 1.165) is 24.3 Å². The third-order valence-corrected chi connectivity index (χ3v) is 4.16. The molecule has 0 amide bonds. The van der Waals surface area contributed by atoms with Gasteiger partial charge < -0.3 is 14.6 Å². The van der Waals surface area contributed by atoms with Gasteiger partial charge >= 0.3 is 5.97 Å². The van der Waals surface area contributed by atoms with E-state index in [-0.39, 0.29) is 6.61 Å². The van der Waals surface area contributed by atoms with Gasteiger partial charge in [-0.1, -0.05) is 18.2 Å². The minimum absolute atomic E-state index is 0.260. The molecule has 1 saturated heterocycles. The molecule has 2 aliphatic rings. The van der Waals surface area contributed by atoms with E-state index in [2.05, 4.69) is 0 Å². The second-order valence-corrected chi connectivity index (χ2v) is 5.59. The Hall–Kier alpha value is -1.55.